The van der Waals surface area contributed by atoms with E-state index < -0.39 is 0 Å². The number of hydrazone groups is 1. The van der Waals surface area contributed by atoms with Gasteiger partial charge in [0.1, 0.15) is 0 Å². The van der Waals surface area contributed by atoms with E-state index in [0.717, 1.165) is 13.0 Å². The third-order valence-corrected chi connectivity index (χ3v) is 1.98. The molecule has 2 heteroatoms. The van der Waals surface area contributed by atoms with Gasteiger partial charge in [-0.1, -0.05) is 0 Å². The summed E-state index contributed by atoms with van der Waals surface area (Å²) in [4.78, 5) is 0. The fourth-order valence-electron chi connectivity index (χ4n) is 1.59. The molecular formula is C8H16N2. The Labute approximate surface area is 62.9 Å². The van der Waals surface area contributed by atoms with Crippen molar-refractivity contribution in [2.75, 3.05) is 6.54 Å². The molecule has 0 saturated heterocycles. The molecule has 0 aromatic carbocycles. The molecule has 0 unspecified atom stereocenters. The average Bonchev–Trinajstić information content (AvgIpc) is 2.04. The Morgan fingerprint density at radius 2 is 2.20 bits per heavy atom. The second-order valence-electron chi connectivity index (χ2n) is 3.54. The second kappa shape index (κ2) is 2.26. The minimum atomic E-state index is 0.263. The van der Waals surface area contributed by atoms with Crippen LogP contribution >= 0.6 is 0 Å². The number of hydrogen-bond donors (Lipinski definition) is 0. The molecule has 0 bridgehead atoms. The summed E-state index contributed by atoms with van der Waals surface area (Å²) in [5.74, 6) is 0. The summed E-state index contributed by atoms with van der Waals surface area (Å²) in [5, 5.41) is 6.56. The first-order valence-corrected chi connectivity index (χ1v) is 3.88. The van der Waals surface area contributed by atoms with Crippen LogP contribution in [0.5, 0.6) is 0 Å². The molecule has 1 heterocycles. The van der Waals surface area contributed by atoms with E-state index in [2.05, 4.69) is 37.8 Å². The summed E-state index contributed by atoms with van der Waals surface area (Å²) in [5.41, 5.74) is 1.52. The van der Waals surface area contributed by atoms with E-state index in [4.69, 9.17) is 0 Å². The monoisotopic (exact) mass is 140 g/mol. The summed E-state index contributed by atoms with van der Waals surface area (Å²) in [6.07, 6.45) is 1.11. The van der Waals surface area contributed by atoms with Crippen molar-refractivity contribution in [3.05, 3.63) is 0 Å². The van der Waals surface area contributed by atoms with Crippen LogP contribution in [-0.4, -0.2) is 22.8 Å². The normalized spacial score (nSPS) is 23.2. The molecule has 0 radical (unpaired) electrons. The average molecular weight is 140 g/mol. The zero-order valence-electron chi connectivity index (χ0n) is 7.31. The molecule has 0 saturated carbocycles. The number of hydrogen-bond acceptors (Lipinski definition) is 2. The van der Waals surface area contributed by atoms with E-state index in [0.29, 0.717) is 0 Å². The van der Waals surface area contributed by atoms with Crippen LogP contribution in [0.15, 0.2) is 5.10 Å². The number of nitrogens with zero attached hydrogens (tertiary/aromatic N) is 2. The van der Waals surface area contributed by atoms with Crippen molar-refractivity contribution < 1.29 is 0 Å². The Balaban J connectivity index is 2.70. The van der Waals surface area contributed by atoms with Gasteiger partial charge in [0, 0.05) is 18.7 Å². The first kappa shape index (κ1) is 7.58. The lowest BCUT2D eigenvalue weighted by atomic mass is 9.99. The van der Waals surface area contributed by atoms with Crippen molar-refractivity contribution in [3.63, 3.8) is 0 Å². The van der Waals surface area contributed by atoms with Crippen molar-refractivity contribution in [1.82, 2.24) is 5.01 Å². The Morgan fingerprint density at radius 1 is 1.60 bits per heavy atom. The number of rotatable bonds is 1. The minimum Gasteiger partial charge on any atom is -0.291 e. The fourth-order valence-corrected chi connectivity index (χ4v) is 1.59. The Bertz CT molecular complexity index is 159. The van der Waals surface area contributed by atoms with Gasteiger partial charge in [0.25, 0.3) is 0 Å². The highest BCUT2D eigenvalue weighted by atomic mass is 15.5. The Hall–Kier alpha value is -0.530. The zero-order valence-corrected chi connectivity index (χ0v) is 7.31. The molecule has 0 N–H and O–H groups in total. The van der Waals surface area contributed by atoms with E-state index in [1.165, 1.54) is 5.71 Å². The largest absolute Gasteiger partial charge is 0.291 e. The molecule has 0 amide bonds. The highest BCUT2D eigenvalue weighted by Gasteiger charge is 2.30. The van der Waals surface area contributed by atoms with Gasteiger partial charge in [-0.15, -0.1) is 0 Å². The lowest BCUT2D eigenvalue weighted by Gasteiger charge is -2.29. The molecular weight excluding hydrogens is 124 g/mol. The topological polar surface area (TPSA) is 15.6 Å². The van der Waals surface area contributed by atoms with Crippen LogP contribution in [0.1, 0.15) is 34.1 Å². The van der Waals surface area contributed by atoms with E-state index >= 15 is 0 Å². The van der Waals surface area contributed by atoms with E-state index in [9.17, 15) is 0 Å². The van der Waals surface area contributed by atoms with Gasteiger partial charge in [0.05, 0.1) is 5.54 Å². The van der Waals surface area contributed by atoms with Gasteiger partial charge in [-0.05, 0) is 27.7 Å². The quantitative estimate of drug-likeness (QED) is 0.543. The first-order valence-electron chi connectivity index (χ1n) is 3.88. The molecule has 0 aromatic rings. The van der Waals surface area contributed by atoms with Crippen LogP contribution in [0.3, 0.4) is 0 Å². The van der Waals surface area contributed by atoms with Gasteiger partial charge < -0.3 is 0 Å². The summed E-state index contributed by atoms with van der Waals surface area (Å²) >= 11 is 0. The summed E-state index contributed by atoms with van der Waals surface area (Å²) in [6, 6.07) is 0. The van der Waals surface area contributed by atoms with Gasteiger partial charge in [0.2, 0.25) is 0 Å². The molecule has 0 fully saturated rings. The fraction of sp³-hybridized carbons (Fsp3) is 0.875. The Morgan fingerprint density at radius 3 is 2.40 bits per heavy atom. The lowest BCUT2D eigenvalue weighted by molar-refractivity contribution is 0.162. The zero-order chi connectivity index (χ0) is 7.78. The third kappa shape index (κ3) is 1.15. The van der Waals surface area contributed by atoms with Crippen molar-refractivity contribution in [2.45, 2.75) is 39.7 Å². The Kier molecular flexibility index (Phi) is 1.71. The highest BCUT2D eigenvalue weighted by Crippen LogP contribution is 2.25. The smallest absolute Gasteiger partial charge is 0.0575 e. The summed E-state index contributed by atoms with van der Waals surface area (Å²) in [7, 11) is 0. The van der Waals surface area contributed by atoms with Gasteiger partial charge >= 0.3 is 0 Å². The summed E-state index contributed by atoms with van der Waals surface area (Å²) in [6.45, 7) is 9.72. The van der Waals surface area contributed by atoms with Crippen LogP contribution in [0.25, 0.3) is 0 Å². The maximum absolute atomic E-state index is 4.41. The van der Waals surface area contributed by atoms with E-state index in [1.54, 1.807) is 0 Å². The standard InChI is InChI=1S/C8H16N2/c1-5-10-8(3,4)6-7(2)9-10/h5-6H2,1-4H3. The molecule has 1 rings (SSSR count). The van der Waals surface area contributed by atoms with Crippen LogP contribution in [-0.2, 0) is 0 Å². The van der Waals surface area contributed by atoms with Crippen LogP contribution < -0.4 is 0 Å². The minimum absolute atomic E-state index is 0.263. The highest BCUT2D eigenvalue weighted by molar-refractivity contribution is 5.84. The van der Waals surface area contributed by atoms with Crippen molar-refractivity contribution in [3.8, 4) is 0 Å². The maximum atomic E-state index is 4.41. The van der Waals surface area contributed by atoms with Gasteiger partial charge in [-0.2, -0.15) is 5.10 Å². The van der Waals surface area contributed by atoms with Gasteiger partial charge in [0.15, 0.2) is 0 Å². The first-order chi connectivity index (χ1) is 4.56. The maximum Gasteiger partial charge on any atom is 0.0575 e. The molecule has 10 heavy (non-hydrogen) atoms. The van der Waals surface area contributed by atoms with E-state index in [-0.39, 0.29) is 5.54 Å². The predicted molar refractivity (Wildman–Crippen MR) is 44.2 cm³/mol. The van der Waals surface area contributed by atoms with Crippen LogP contribution in [0, 0.1) is 0 Å². The van der Waals surface area contributed by atoms with Crippen molar-refractivity contribution in [2.24, 2.45) is 5.10 Å². The molecule has 0 aliphatic carbocycles. The van der Waals surface area contributed by atoms with Crippen LogP contribution in [0.2, 0.25) is 0 Å². The molecule has 0 aromatic heterocycles. The van der Waals surface area contributed by atoms with Crippen molar-refractivity contribution >= 4 is 5.71 Å². The molecule has 2 nitrogen and oxygen atoms in total. The van der Waals surface area contributed by atoms with Crippen LogP contribution in [0.4, 0.5) is 0 Å². The van der Waals surface area contributed by atoms with Crippen molar-refractivity contribution in [1.29, 1.82) is 0 Å². The molecule has 58 valence electrons. The SMILES string of the molecule is CCN1N=C(C)CC1(C)C. The van der Waals surface area contributed by atoms with E-state index in [1.807, 2.05) is 0 Å². The van der Waals surface area contributed by atoms with Gasteiger partial charge in [-0.3, -0.25) is 5.01 Å². The summed E-state index contributed by atoms with van der Waals surface area (Å²) < 4.78 is 0. The second-order valence-corrected chi connectivity index (χ2v) is 3.54. The predicted octanol–water partition coefficient (Wildman–Crippen LogP) is 1.87. The molecule has 0 atom stereocenters. The molecule has 1 aliphatic rings. The lowest BCUT2D eigenvalue weighted by Crippen LogP contribution is -2.35. The molecule has 1 aliphatic heterocycles. The van der Waals surface area contributed by atoms with Gasteiger partial charge in [-0.25, -0.2) is 0 Å². The molecule has 0 spiro atoms. The third-order valence-electron chi connectivity index (χ3n) is 1.98.